The van der Waals surface area contributed by atoms with Gasteiger partial charge in [-0.25, -0.2) is 0 Å². The number of carbonyl (C=O) groups is 1. The monoisotopic (exact) mass is 272 g/mol. The molecule has 0 bridgehead atoms. The Balaban J connectivity index is 1.67. The number of allylic oxidation sites excluding steroid dienone is 4. The van der Waals surface area contributed by atoms with Gasteiger partial charge in [-0.15, -0.1) is 0 Å². The fourth-order valence-electron chi connectivity index (χ4n) is 5.73. The molecule has 4 rings (SSSR count). The van der Waals surface area contributed by atoms with Crippen molar-refractivity contribution in [3.63, 3.8) is 0 Å². The highest BCUT2D eigenvalue weighted by molar-refractivity contribution is 5.87. The van der Waals surface area contributed by atoms with Crippen LogP contribution in [0.2, 0.25) is 0 Å². The predicted molar refractivity (Wildman–Crippen MR) is 78.2 cm³/mol. The third kappa shape index (κ3) is 1.60. The summed E-state index contributed by atoms with van der Waals surface area (Å²) in [6.07, 6.45) is 11.6. The van der Waals surface area contributed by atoms with Crippen LogP contribution < -0.4 is 0 Å². The fourth-order valence-corrected chi connectivity index (χ4v) is 5.73. The first-order valence-corrected chi connectivity index (χ1v) is 8.22. The van der Waals surface area contributed by atoms with Crippen LogP contribution in [0.4, 0.5) is 0 Å². The van der Waals surface area contributed by atoms with Crippen LogP contribution in [0.5, 0.6) is 0 Å². The van der Waals surface area contributed by atoms with E-state index in [0.29, 0.717) is 29.3 Å². The summed E-state index contributed by atoms with van der Waals surface area (Å²) in [6.45, 7) is 2.23. The summed E-state index contributed by atoms with van der Waals surface area (Å²) in [7, 11) is 0. The molecule has 5 atom stereocenters. The Hall–Kier alpha value is -1.05. The largest absolute Gasteiger partial charge is 0.512 e. The average molecular weight is 272 g/mol. The Morgan fingerprint density at radius 1 is 1.20 bits per heavy atom. The second-order valence-corrected chi connectivity index (χ2v) is 7.60. The van der Waals surface area contributed by atoms with Gasteiger partial charge in [-0.2, -0.15) is 0 Å². The van der Waals surface area contributed by atoms with Gasteiger partial charge in [0.2, 0.25) is 0 Å². The molecule has 0 spiro atoms. The van der Waals surface area contributed by atoms with Crippen molar-refractivity contribution in [2.75, 3.05) is 0 Å². The number of Topliss-reactive ketones (excluding diaryl/α,β-unsaturated/α-hetero) is 1. The minimum atomic E-state index is -0.0127. The fraction of sp³-hybridized carbons (Fsp3) is 0.722. The lowest BCUT2D eigenvalue weighted by molar-refractivity contribution is -0.130. The zero-order chi connectivity index (χ0) is 13.9. The van der Waals surface area contributed by atoms with Gasteiger partial charge in [-0.05, 0) is 61.9 Å². The van der Waals surface area contributed by atoms with Crippen LogP contribution in [0.3, 0.4) is 0 Å². The van der Waals surface area contributed by atoms with Crippen LogP contribution in [0.15, 0.2) is 23.5 Å². The van der Waals surface area contributed by atoms with Crippen LogP contribution in [-0.4, -0.2) is 10.9 Å². The molecule has 2 heteroatoms. The van der Waals surface area contributed by atoms with Crippen LogP contribution in [0, 0.1) is 29.1 Å². The summed E-state index contributed by atoms with van der Waals surface area (Å²) < 4.78 is 0. The number of rotatable bonds is 0. The first-order chi connectivity index (χ1) is 9.59. The molecule has 0 aromatic carbocycles. The minimum Gasteiger partial charge on any atom is -0.512 e. The molecule has 4 unspecified atom stereocenters. The maximum Gasteiger partial charge on any atom is 0.139 e. The van der Waals surface area contributed by atoms with Gasteiger partial charge >= 0.3 is 0 Å². The van der Waals surface area contributed by atoms with Crippen molar-refractivity contribution in [3.05, 3.63) is 23.5 Å². The van der Waals surface area contributed by atoms with Gasteiger partial charge in [0.1, 0.15) is 5.78 Å². The summed E-state index contributed by atoms with van der Waals surface area (Å²) in [5, 5.41) is 9.74. The number of hydrogen-bond acceptors (Lipinski definition) is 2. The van der Waals surface area contributed by atoms with Gasteiger partial charge in [0.05, 0.1) is 5.76 Å². The van der Waals surface area contributed by atoms with E-state index in [0.717, 1.165) is 31.6 Å². The molecule has 108 valence electrons. The number of aliphatic hydroxyl groups is 1. The second-order valence-electron chi connectivity index (χ2n) is 7.60. The Kier molecular flexibility index (Phi) is 2.68. The third-order valence-electron chi connectivity index (χ3n) is 6.82. The number of carbonyl (C=O) groups excluding carboxylic acids is 1. The van der Waals surface area contributed by atoms with Gasteiger partial charge in [0, 0.05) is 18.3 Å². The van der Waals surface area contributed by atoms with E-state index in [9.17, 15) is 9.90 Å². The molecule has 0 radical (unpaired) electrons. The topological polar surface area (TPSA) is 37.3 Å². The van der Waals surface area contributed by atoms with Crippen LogP contribution >= 0.6 is 0 Å². The quantitative estimate of drug-likeness (QED) is 0.718. The Labute approximate surface area is 120 Å². The highest BCUT2D eigenvalue weighted by Gasteiger charge is 2.55. The van der Waals surface area contributed by atoms with E-state index in [-0.39, 0.29) is 5.41 Å². The van der Waals surface area contributed by atoms with Crippen LogP contribution in [-0.2, 0) is 4.79 Å². The molecule has 0 saturated heterocycles. The molecule has 0 aromatic heterocycles. The molecule has 4 aliphatic carbocycles. The smallest absolute Gasteiger partial charge is 0.139 e. The average Bonchev–Trinajstić information content (AvgIpc) is 2.74. The molecule has 3 fully saturated rings. The van der Waals surface area contributed by atoms with Gasteiger partial charge in [-0.1, -0.05) is 18.6 Å². The molecule has 0 aliphatic heterocycles. The van der Waals surface area contributed by atoms with Crippen molar-refractivity contribution in [1.82, 2.24) is 0 Å². The number of fused-ring (bicyclic) bond motifs is 5. The maximum atomic E-state index is 12.3. The van der Waals surface area contributed by atoms with E-state index in [2.05, 4.69) is 13.0 Å². The maximum absolute atomic E-state index is 12.3. The second kappa shape index (κ2) is 4.22. The van der Waals surface area contributed by atoms with Gasteiger partial charge < -0.3 is 5.11 Å². The molecule has 0 aromatic rings. The first-order valence-electron chi connectivity index (χ1n) is 8.22. The molecular weight excluding hydrogens is 248 g/mol. The molecule has 3 saturated carbocycles. The summed E-state index contributed by atoms with van der Waals surface area (Å²) >= 11 is 0. The SMILES string of the molecule is C[C@]12CCC3C4=CC=C(O)CC4CCC3C1CCC2=O. The van der Waals surface area contributed by atoms with E-state index >= 15 is 0 Å². The molecule has 20 heavy (non-hydrogen) atoms. The van der Waals surface area contributed by atoms with Crippen molar-refractivity contribution in [1.29, 1.82) is 0 Å². The first kappa shape index (κ1) is 12.7. The zero-order valence-corrected chi connectivity index (χ0v) is 12.3. The minimum absolute atomic E-state index is 0.0127. The van der Waals surface area contributed by atoms with Crippen molar-refractivity contribution >= 4 is 5.78 Å². The van der Waals surface area contributed by atoms with Gasteiger partial charge in [0.25, 0.3) is 0 Å². The summed E-state index contributed by atoms with van der Waals surface area (Å²) in [6, 6.07) is 0. The molecule has 4 aliphatic rings. The van der Waals surface area contributed by atoms with E-state index in [1.165, 1.54) is 19.3 Å². The predicted octanol–water partition coefficient (Wildman–Crippen LogP) is 4.18. The van der Waals surface area contributed by atoms with E-state index < -0.39 is 0 Å². The van der Waals surface area contributed by atoms with Gasteiger partial charge in [-0.3, -0.25) is 4.79 Å². The normalized spacial score (nSPS) is 47.0. The van der Waals surface area contributed by atoms with Crippen LogP contribution in [0.25, 0.3) is 0 Å². The van der Waals surface area contributed by atoms with Crippen molar-refractivity contribution in [2.24, 2.45) is 29.1 Å². The lowest BCUT2D eigenvalue weighted by Gasteiger charge is -2.51. The Morgan fingerprint density at radius 2 is 2.05 bits per heavy atom. The number of ketones is 1. The van der Waals surface area contributed by atoms with Gasteiger partial charge in [0.15, 0.2) is 0 Å². The molecule has 2 nitrogen and oxygen atoms in total. The highest BCUT2D eigenvalue weighted by atomic mass is 16.3. The number of hydrogen-bond donors (Lipinski definition) is 1. The Morgan fingerprint density at radius 3 is 2.90 bits per heavy atom. The lowest BCUT2D eigenvalue weighted by Crippen LogP contribution is -2.45. The third-order valence-corrected chi connectivity index (χ3v) is 6.82. The lowest BCUT2D eigenvalue weighted by atomic mass is 9.53. The Bertz CT molecular complexity index is 516. The molecule has 0 amide bonds. The standard InChI is InChI=1S/C18H24O2/c1-18-9-8-14-13-5-3-12(19)10-11(13)2-4-15(14)16(18)6-7-17(18)20/h3,5,11,14-16,19H,2,4,6-10H2,1H3/t11?,14?,15?,16?,18-/m0/s1. The van der Waals surface area contributed by atoms with E-state index in [1.807, 2.05) is 6.08 Å². The highest BCUT2D eigenvalue weighted by Crippen LogP contribution is 2.60. The molecular formula is C18H24O2. The number of aliphatic hydroxyl groups excluding tert-OH is 1. The van der Waals surface area contributed by atoms with Crippen LogP contribution in [0.1, 0.15) is 51.9 Å². The summed E-state index contributed by atoms with van der Waals surface area (Å²) in [4.78, 5) is 12.3. The molecule has 1 N–H and O–H groups in total. The van der Waals surface area contributed by atoms with Crippen molar-refractivity contribution in [2.45, 2.75) is 51.9 Å². The summed E-state index contributed by atoms with van der Waals surface area (Å²) in [5.41, 5.74) is 1.57. The summed E-state index contributed by atoms with van der Waals surface area (Å²) in [5.74, 6) is 3.67. The van der Waals surface area contributed by atoms with E-state index in [4.69, 9.17) is 0 Å². The van der Waals surface area contributed by atoms with Crippen molar-refractivity contribution < 1.29 is 9.90 Å². The van der Waals surface area contributed by atoms with Crippen molar-refractivity contribution in [3.8, 4) is 0 Å². The van der Waals surface area contributed by atoms with E-state index in [1.54, 1.807) is 5.57 Å². The molecule has 0 heterocycles. The zero-order valence-electron chi connectivity index (χ0n) is 12.3.